The Morgan fingerprint density at radius 2 is 1.83 bits per heavy atom. The van der Waals surface area contributed by atoms with E-state index in [2.05, 4.69) is 0 Å². The van der Waals surface area contributed by atoms with Crippen molar-refractivity contribution in [1.82, 2.24) is 0 Å². The predicted octanol–water partition coefficient (Wildman–Crippen LogP) is 3.32. The van der Waals surface area contributed by atoms with Gasteiger partial charge in [0.2, 0.25) is 0 Å². The average Bonchev–Trinajstić information content (AvgIpc) is 2.31. The van der Waals surface area contributed by atoms with Crippen molar-refractivity contribution in [1.29, 1.82) is 0 Å². The smallest absolute Gasteiger partial charge is 0.185 e. The van der Waals surface area contributed by atoms with Gasteiger partial charge >= 0.3 is 0 Å². The third kappa shape index (κ3) is 4.02. The van der Waals surface area contributed by atoms with Gasteiger partial charge in [-0.2, -0.15) is 0 Å². The first-order valence-electron chi connectivity index (χ1n) is 4.97. The number of halogens is 3. The summed E-state index contributed by atoms with van der Waals surface area (Å²) in [5.74, 6) is 0.0513. The van der Waals surface area contributed by atoms with E-state index < -0.39 is 12.2 Å². The Balaban J connectivity index is 2.92. The van der Waals surface area contributed by atoms with Crippen molar-refractivity contribution in [2.24, 2.45) is 0 Å². The van der Waals surface area contributed by atoms with E-state index in [0.717, 1.165) is 11.8 Å². The molecule has 18 heavy (non-hydrogen) atoms. The highest BCUT2D eigenvalue weighted by atomic mass is 35.5. The van der Waals surface area contributed by atoms with Crippen LogP contribution in [0.25, 0.3) is 0 Å². The van der Waals surface area contributed by atoms with Crippen molar-refractivity contribution in [3.05, 3.63) is 32.8 Å². The van der Waals surface area contributed by atoms with Gasteiger partial charge in [0.25, 0.3) is 0 Å². The summed E-state index contributed by atoms with van der Waals surface area (Å²) in [6, 6.07) is 2.98. The number of benzene rings is 1. The predicted molar refractivity (Wildman–Crippen MR) is 75.6 cm³/mol. The van der Waals surface area contributed by atoms with Crippen molar-refractivity contribution in [3.63, 3.8) is 0 Å². The van der Waals surface area contributed by atoms with Gasteiger partial charge in [0.1, 0.15) is 6.10 Å². The fourth-order valence-electron chi connectivity index (χ4n) is 1.30. The van der Waals surface area contributed by atoms with Gasteiger partial charge in [-0.3, -0.25) is 4.79 Å². The molecule has 2 atom stereocenters. The molecule has 0 spiro atoms. The van der Waals surface area contributed by atoms with Gasteiger partial charge in [-0.25, -0.2) is 0 Å². The molecule has 0 fully saturated rings. The lowest BCUT2D eigenvalue weighted by molar-refractivity contribution is -0.109. The molecule has 0 aliphatic rings. The van der Waals surface area contributed by atoms with Crippen LogP contribution in [0.4, 0.5) is 0 Å². The van der Waals surface area contributed by atoms with Crippen LogP contribution < -0.4 is 0 Å². The quantitative estimate of drug-likeness (QED) is 0.832. The second kappa shape index (κ2) is 6.98. The second-order valence-electron chi connectivity index (χ2n) is 3.57. The Morgan fingerprint density at radius 1 is 1.28 bits per heavy atom. The molecule has 0 aromatic heterocycles. The number of aliphatic hydroxyl groups is 2. The number of hydrogen-bond donors (Lipinski definition) is 2. The van der Waals surface area contributed by atoms with Crippen molar-refractivity contribution < 1.29 is 15.0 Å². The third-order valence-electron chi connectivity index (χ3n) is 2.20. The van der Waals surface area contributed by atoms with Gasteiger partial charge in [0.15, 0.2) is 5.12 Å². The van der Waals surface area contributed by atoms with Crippen molar-refractivity contribution in [2.45, 2.75) is 19.1 Å². The first kappa shape index (κ1) is 16.1. The van der Waals surface area contributed by atoms with Crippen LogP contribution in [0.2, 0.25) is 15.1 Å². The molecule has 0 bridgehead atoms. The summed E-state index contributed by atoms with van der Waals surface area (Å²) in [5, 5.41) is 20.2. The Bertz CT molecular complexity index is 453. The molecule has 2 N–H and O–H groups in total. The topological polar surface area (TPSA) is 57.5 Å². The number of carbonyl (C=O) groups excluding carboxylic acids is 1. The highest BCUT2D eigenvalue weighted by molar-refractivity contribution is 8.13. The van der Waals surface area contributed by atoms with Crippen LogP contribution >= 0.6 is 46.6 Å². The van der Waals surface area contributed by atoms with Crippen LogP contribution in [0.15, 0.2) is 12.1 Å². The van der Waals surface area contributed by atoms with Gasteiger partial charge in [-0.05, 0) is 12.1 Å². The number of hydrogen-bond acceptors (Lipinski definition) is 4. The maximum atomic E-state index is 10.8. The van der Waals surface area contributed by atoms with E-state index in [-0.39, 0.29) is 31.5 Å². The normalized spacial score (nSPS) is 14.3. The monoisotopic (exact) mass is 328 g/mol. The summed E-state index contributed by atoms with van der Waals surface area (Å²) in [5.41, 5.74) is 0.169. The lowest BCUT2D eigenvalue weighted by Crippen LogP contribution is -2.22. The molecule has 0 aliphatic heterocycles. The highest BCUT2D eigenvalue weighted by Crippen LogP contribution is 2.37. The maximum absolute atomic E-state index is 10.8. The van der Waals surface area contributed by atoms with Gasteiger partial charge in [-0.1, -0.05) is 46.6 Å². The summed E-state index contributed by atoms with van der Waals surface area (Å²) in [6.07, 6.45) is -2.46. The first-order chi connectivity index (χ1) is 8.34. The zero-order valence-electron chi connectivity index (χ0n) is 9.36. The lowest BCUT2D eigenvalue weighted by Gasteiger charge is -2.20. The summed E-state index contributed by atoms with van der Waals surface area (Å²) in [4.78, 5) is 10.8. The van der Waals surface area contributed by atoms with E-state index in [9.17, 15) is 15.0 Å². The molecule has 1 rings (SSSR count). The largest absolute Gasteiger partial charge is 0.389 e. The van der Waals surface area contributed by atoms with Crippen LogP contribution in [0.5, 0.6) is 0 Å². The van der Waals surface area contributed by atoms with Gasteiger partial charge < -0.3 is 10.2 Å². The number of rotatable bonds is 4. The van der Waals surface area contributed by atoms with E-state index in [4.69, 9.17) is 34.8 Å². The zero-order valence-corrected chi connectivity index (χ0v) is 12.4. The Morgan fingerprint density at radius 3 is 2.39 bits per heavy atom. The Labute approximate surface area is 124 Å². The van der Waals surface area contributed by atoms with Crippen LogP contribution in [-0.4, -0.2) is 27.2 Å². The number of aliphatic hydroxyl groups excluding tert-OH is 2. The van der Waals surface area contributed by atoms with Crippen LogP contribution in [0, 0.1) is 0 Å². The molecule has 7 heteroatoms. The molecule has 100 valence electrons. The fraction of sp³-hybridized carbons (Fsp3) is 0.364. The van der Waals surface area contributed by atoms with Gasteiger partial charge in [0.05, 0.1) is 16.1 Å². The molecule has 0 amide bonds. The van der Waals surface area contributed by atoms with E-state index in [1.165, 1.54) is 19.1 Å². The minimum atomic E-state index is -1.30. The molecule has 0 aliphatic carbocycles. The molecule has 1 aromatic carbocycles. The highest BCUT2D eigenvalue weighted by Gasteiger charge is 2.25. The molecule has 1 aromatic rings. The molecule has 0 saturated carbocycles. The number of thioether (sulfide) groups is 1. The van der Waals surface area contributed by atoms with Crippen molar-refractivity contribution in [3.8, 4) is 0 Å². The minimum absolute atomic E-state index is 0.0513. The lowest BCUT2D eigenvalue weighted by atomic mass is 10.1. The van der Waals surface area contributed by atoms with Crippen LogP contribution in [0.1, 0.15) is 18.6 Å². The average molecular weight is 330 g/mol. The molecule has 0 heterocycles. The summed E-state index contributed by atoms with van der Waals surface area (Å²) >= 11 is 18.6. The molecule has 0 saturated heterocycles. The third-order valence-corrected chi connectivity index (χ3v) is 4.26. The summed E-state index contributed by atoms with van der Waals surface area (Å²) < 4.78 is 0. The molecule has 2 unspecified atom stereocenters. The van der Waals surface area contributed by atoms with Gasteiger partial charge in [-0.15, -0.1) is 0 Å². The summed E-state index contributed by atoms with van der Waals surface area (Å²) in [7, 11) is 0. The van der Waals surface area contributed by atoms with E-state index >= 15 is 0 Å². The van der Waals surface area contributed by atoms with Crippen LogP contribution in [0.3, 0.4) is 0 Å². The second-order valence-corrected chi connectivity index (χ2v) is 5.96. The van der Waals surface area contributed by atoms with Crippen molar-refractivity contribution in [2.75, 3.05) is 5.75 Å². The molecule has 0 radical (unpaired) electrons. The molecular weight excluding hydrogens is 319 g/mol. The van der Waals surface area contributed by atoms with Gasteiger partial charge in [0, 0.05) is 23.3 Å². The molecule has 3 nitrogen and oxygen atoms in total. The van der Waals surface area contributed by atoms with E-state index in [1.54, 1.807) is 0 Å². The Hall–Kier alpha value is 0.0300. The fourth-order valence-corrected chi connectivity index (χ4v) is 2.65. The van der Waals surface area contributed by atoms with E-state index in [1.807, 2.05) is 0 Å². The summed E-state index contributed by atoms with van der Waals surface area (Å²) in [6.45, 7) is 1.38. The van der Waals surface area contributed by atoms with Crippen LogP contribution in [-0.2, 0) is 4.79 Å². The number of carbonyl (C=O) groups is 1. The SMILES string of the molecule is CC(=O)SCC(O)C(O)c1c(Cl)ccc(Cl)c1Cl. The van der Waals surface area contributed by atoms with E-state index in [0.29, 0.717) is 0 Å². The minimum Gasteiger partial charge on any atom is -0.389 e. The molecular formula is C11H11Cl3O3S. The zero-order chi connectivity index (χ0) is 13.9. The standard InChI is InChI=1S/C11H11Cl3O3S/c1-5(15)18-4-8(16)11(17)9-6(12)2-3-7(13)10(9)14/h2-3,8,11,16-17H,4H2,1H3. The first-order valence-corrected chi connectivity index (χ1v) is 7.09. The maximum Gasteiger partial charge on any atom is 0.185 e. The Kier molecular flexibility index (Phi) is 6.24. The van der Waals surface area contributed by atoms with Crippen molar-refractivity contribution >= 4 is 51.7 Å².